The molecule has 0 saturated heterocycles. The number of hydrogen-bond acceptors (Lipinski definition) is 4. The molecule has 1 aliphatic carbocycles. The van der Waals surface area contributed by atoms with E-state index < -0.39 is 0 Å². The molecule has 5 heteroatoms. The molecule has 4 nitrogen and oxygen atoms in total. The van der Waals surface area contributed by atoms with E-state index in [4.69, 9.17) is 4.74 Å². The van der Waals surface area contributed by atoms with Gasteiger partial charge in [0.15, 0.2) is 0 Å². The van der Waals surface area contributed by atoms with Crippen LogP contribution in [0.4, 0.5) is 5.82 Å². The van der Waals surface area contributed by atoms with E-state index in [-0.39, 0.29) is 5.60 Å². The van der Waals surface area contributed by atoms with Crippen LogP contribution in [0, 0.1) is 0 Å². The molecule has 2 rings (SSSR count). The standard InChI is InChI=1S/C10H14BrN3O/c1-15-10(3-2-4-10)6-12-9-5-8(11)13-7-14-9/h5,7H,2-4,6H2,1H3,(H,12,13,14). The molecule has 1 aliphatic rings. The van der Waals surface area contributed by atoms with Crippen LogP contribution < -0.4 is 5.32 Å². The monoisotopic (exact) mass is 271 g/mol. The molecule has 1 N–H and O–H groups in total. The molecule has 0 bridgehead atoms. The van der Waals surface area contributed by atoms with Crippen LogP contribution in [0.1, 0.15) is 19.3 Å². The van der Waals surface area contributed by atoms with Gasteiger partial charge in [0.1, 0.15) is 16.7 Å². The van der Waals surface area contributed by atoms with Gasteiger partial charge in [0.05, 0.1) is 5.60 Å². The van der Waals surface area contributed by atoms with E-state index in [9.17, 15) is 0 Å². The highest BCUT2D eigenvalue weighted by Gasteiger charge is 2.36. The van der Waals surface area contributed by atoms with Crippen LogP contribution in [0.3, 0.4) is 0 Å². The highest BCUT2D eigenvalue weighted by molar-refractivity contribution is 9.10. The first-order valence-corrected chi connectivity index (χ1v) is 5.80. The average molecular weight is 272 g/mol. The summed E-state index contributed by atoms with van der Waals surface area (Å²) in [5.41, 5.74) is 0.0252. The minimum absolute atomic E-state index is 0.0252. The van der Waals surface area contributed by atoms with Crippen LogP contribution in [-0.4, -0.2) is 29.2 Å². The molecule has 0 amide bonds. The largest absolute Gasteiger partial charge is 0.376 e. The second-order valence-corrected chi connectivity index (χ2v) is 4.63. The van der Waals surface area contributed by atoms with Crippen LogP contribution in [0.25, 0.3) is 0 Å². The Kier molecular flexibility index (Phi) is 3.21. The second kappa shape index (κ2) is 4.45. The van der Waals surface area contributed by atoms with Crippen molar-refractivity contribution >= 4 is 21.7 Å². The quantitative estimate of drug-likeness (QED) is 0.854. The van der Waals surface area contributed by atoms with E-state index >= 15 is 0 Å². The van der Waals surface area contributed by atoms with Gasteiger partial charge < -0.3 is 10.1 Å². The van der Waals surface area contributed by atoms with Gasteiger partial charge in [-0.1, -0.05) is 0 Å². The number of nitrogens with one attached hydrogen (secondary N) is 1. The molecule has 1 heterocycles. The minimum atomic E-state index is 0.0252. The molecule has 0 aliphatic heterocycles. The van der Waals surface area contributed by atoms with Gasteiger partial charge in [0.2, 0.25) is 0 Å². The van der Waals surface area contributed by atoms with Gasteiger partial charge in [0.25, 0.3) is 0 Å². The maximum atomic E-state index is 5.51. The highest BCUT2D eigenvalue weighted by Crippen LogP contribution is 2.34. The molecule has 15 heavy (non-hydrogen) atoms. The Morgan fingerprint density at radius 1 is 1.53 bits per heavy atom. The third-order valence-corrected chi connectivity index (χ3v) is 3.36. The van der Waals surface area contributed by atoms with Crippen molar-refractivity contribution in [3.05, 3.63) is 17.0 Å². The van der Waals surface area contributed by atoms with Gasteiger partial charge in [-0.25, -0.2) is 9.97 Å². The van der Waals surface area contributed by atoms with Gasteiger partial charge in [-0.2, -0.15) is 0 Å². The van der Waals surface area contributed by atoms with Crippen molar-refractivity contribution < 1.29 is 4.74 Å². The van der Waals surface area contributed by atoms with Crippen LogP contribution >= 0.6 is 15.9 Å². The Labute approximate surface area is 97.6 Å². The van der Waals surface area contributed by atoms with Crippen molar-refractivity contribution in [2.45, 2.75) is 24.9 Å². The van der Waals surface area contributed by atoms with Crippen molar-refractivity contribution in [2.24, 2.45) is 0 Å². The molecule has 1 aromatic heterocycles. The number of nitrogens with zero attached hydrogens (tertiary/aromatic N) is 2. The molecule has 0 atom stereocenters. The second-order valence-electron chi connectivity index (χ2n) is 3.82. The molecule has 1 aromatic rings. The van der Waals surface area contributed by atoms with Gasteiger partial charge in [-0.15, -0.1) is 0 Å². The summed E-state index contributed by atoms with van der Waals surface area (Å²) in [5, 5.41) is 3.27. The molecule has 82 valence electrons. The number of anilines is 1. The van der Waals surface area contributed by atoms with E-state index in [1.54, 1.807) is 7.11 Å². The van der Waals surface area contributed by atoms with Crippen molar-refractivity contribution in [2.75, 3.05) is 19.0 Å². The summed E-state index contributed by atoms with van der Waals surface area (Å²) >= 11 is 3.31. The lowest BCUT2D eigenvalue weighted by Gasteiger charge is -2.40. The van der Waals surface area contributed by atoms with E-state index in [1.807, 2.05) is 6.07 Å². The SMILES string of the molecule is COC1(CNc2cc(Br)ncn2)CCC1. The summed E-state index contributed by atoms with van der Waals surface area (Å²) in [5.74, 6) is 0.834. The summed E-state index contributed by atoms with van der Waals surface area (Å²) in [6.07, 6.45) is 5.04. The maximum Gasteiger partial charge on any atom is 0.130 e. The summed E-state index contributed by atoms with van der Waals surface area (Å²) < 4.78 is 6.30. The highest BCUT2D eigenvalue weighted by atomic mass is 79.9. The summed E-state index contributed by atoms with van der Waals surface area (Å²) in [4.78, 5) is 8.10. The van der Waals surface area contributed by atoms with Gasteiger partial charge >= 0.3 is 0 Å². The van der Waals surface area contributed by atoms with E-state index in [2.05, 4.69) is 31.2 Å². The van der Waals surface area contributed by atoms with Crippen LogP contribution in [0.5, 0.6) is 0 Å². The molecule has 0 aromatic carbocycles. The number of halogens is 1. The molecule has 0 unspecified atom stereocenters. The topological polar surface area (TPSA) is 47.0 Å². The van der Waals surface area contributed by atoms with Crippen LogP contribution in [0.15, 0.2) is 17.0 Å². The fraction of sp³-hybridized carbons (Fsp3) is 0.600. The molecular formula is C10H14BrN3O. The van der Waals surface area contributed by atoms with E-state index in [0.717, 1.165) is 29.8 Å². The van der Waals surface area contributed by atoms with Gasteiger partial charge in [0, 0.05) is 19.7 Å². The third-order valence-electron chi connectivity index (χ3n) is 2.92. The third kappa shape index (κ3) is 2.46. The maximum absolute atomic E-state index is 5.51. The Morgan fingerprint density at radius 2 is 2.33 bits per heavy atom. The summed E-state index contributed by atoms with van der Waals surface area (Å²) in [6.45, 7) is 0.812. The first kappa shape index (κ1) is 10.8. The lowest BCUT2D eigenvalue weighted by Crippen LogP contribution is -2.45. The lowest BCUT2D eigenvalue weighted by molar-refractivity contribution is -0.0601. The zero-order chi connectivity index (χ0) is 10.7. The van der Waals surface area contributed by atoms with Gasteiger partial charge in [-0.3, -0.25) is 0 Å². The minimum Gasteiger partial charge on any atom is -0.376 e. The zero-order valence-electron chi connectivity index (χ0n) is 8.66. The Balaban J connectivity index is 1.92. The fourth-order valence-corrected chi connectivity index (χ4v) is 2.01. The first-order valence-electron chi connectivity index (χ1n) is 5.01. The predicted molar refractivity (Wildman–Crippen MR) is 61.8 cm³/mol. The van der Waals surface area contributed by atoms with E-state index in [0.29, 0.717) is 0 Å². The van der Waals surface area contributed by atoms with Crippen molar-refractivity contribution in [3.63, 3.8) is 0 Å². The van der Waals surface area contributed by atoms with Crippen molar-refractivity contribution in [1.29, 1.82) is 0 Å². The molecule has 0 radical (unpaired) electrons. The smallest absolute Gasteiger partial charge is 0.130 e. The summed E-state index contributed by atoms with van der Waals surface area (Å²) in [7, 11) is 1.77. The molecule has 1 fully saturated rings. The first-order chi connectivity index (χ1) is 7.24. The predicted octanol–water partition coefficient (Wildman–Crippen LogP) is 2.22. The van der Waals surface area contributed by atoms with Gasteiger partial charge in [-0.05, 0) is 35.2 Å². The van der Waals surface area contributed by atoms with Crippen LogP contribution in [0.2, 0.25) is 0 Å². The summed E-state index contributed by atoms with van der Waals surface area (Å²) in [6, 6.07) is 1.86. The molecular weight excluding hydrogens is 258 g/mol. The number of aromatic nitrogens is 2. The van der Waals surface area contributed by atoms with E-state index in [1.165, 1.54) is 12.7 Å². The van der Waals surface area contributed by atoms with Crippen LogP contribution in [-0.2, 0) is 4.74 Å². The number of rotatable bonds is 4. The number of hydrogen-bond donors (Lipinski definition) is 1. The fourth-order valence-electron chi connectivity index (χ4n) is 1.71. The Hall–Kier alpha value is -0.680. The molecule has 0 spiro atoms. The number of ether oxygens (including phenoxy) is 1. The van der Waals surface area contributed by atoms with Crippen molar-refractivity contribution in [1.82, 2.24) is 9.97 Å². The average Bonchev–Trinajstić information content (AvgIpc) is 2.17. The van der Waals surface area contributed by atoms with Crippen molar-refractivity contribution in [3.8, 4) is 0 Å². The number of methoxy groups -OCH3 is 1. The zero-order valence-corrected chi connectivity index (χ0v) is 10.2. The Bertz CT molecular complexity index is 336. The Morgan fingerprint density at radius 3 is 2.87 bits per heavy atom. The molecule has 1 saturated carbocycles. The normalized spacial score (nSPS) is 18.3. The lowest BCUT2D eigenvalue weighted by atomic mass is 9.80.